The van der Waals surface area contributed by atoms with Gasteiger partial charge in [0, 0.05) is 33.1 Å². The maximum absolute atomic E-state index is 12.7. The highest BCUT2D eigenvalue weighted by molar-refractivity contribution is 6.15. The third kappa shape index (κ3) is 5.70. The molecule has 0 bridgehead atoms. The molecule has 0 saturated carbocycles. The number of carbonyl (C=O) groups excluding carboxylic acids is 4. The van der Waals surface area contributed by atoms with Crippen molar-refractivity contribution in [2.24, 2.45) is 0 Å². The van der Waals surface area contributed by atoms with E-state index in [2.05, 4.69) is 26.3 Å². The first kappa shape index (κ1) is 27.6. The summed E-state index contributed by atoms with van der Waals surface area (Å²) in [5.41, 5.74) is 0.407. The summed E-state index contributed by atoms with van der Waals surface area (Å²) in [5.74, 6) is -3.56. The van der Waals surface area contributed by atoms with Crippen molar-refractivity contribution in [1.82, 2.24) is 0 Å². The lowest BCUT2D eigenvalue weighted by Crippen LogP contribution is -2.16. The van der Waals surface area contributed by atoms with Crippen LogP contribution in [0.5, 0.6) is 23.0 Å². The van der Waals surface area contributed by atoms with Gasteiger partial charge in [-0.2, -0.15) is 0 Å². The Morgan fingerprint density at radius 1 is 0.553 bits per heavy atom. The van der Waals surface area contributed by atoms with Gasteiger partial charge in [0.25, 0.3) is 0 Å². The predicted molar refractivity (Wildman–Crippen MR) is 143 cm³/mol. The Hall–Kier alpha value is -4.98. The SMILES string of the molecule is C=C(C)C(=O)Oc1cc2ccc3c(OC(=O)C(=C)C)cccc3c2c(OC(=O)C(=C)C)c1OC(=O)C(=C)C. The predicted octanol–water partition coefficient (Wildman–Crippen LogP) is 5.92. The van der Waals surface area contributed by atoms with Crippen LogP contribution in [0, 0.1) is 0 Å². The van der Waals surface area contributed by atoms with Crippen molar-refractivity contribution in [1.29, 1.82) is 0 Å². The Morgan fingerprint density at radius 2 is 1.03 bits per heavy atom. The van der Waals surface area contributed by atoms with Crippen molar-refractivity contribution in [3.8, 4) is 23.0 Å². The van der Waals surface area contributed by atoms with Gasteiger partial charge in [0.2, 0.25) is 5.75 Å². The molecule has 8 nitrogen and oxygen atoms in total. The molecule has 3 aromatic carbocycles. The standard InChI is InChI=1S/C30H26O8/c1-15(2)27(31)35-22-11-9-10-21-20(22)13-12-19-14-23(36-28(32)16(3)4)25(37-29(33)17(5)6)26(24(19)21)38-30(34)18(7)8/h9-14H,1,3,5,7H2,2,4,6,8H3. The Bertz CT molecular complexity index is 1590. The number of hydrogen-bond acceptors (Lipinski definition) is 8. The lowest BCUT2D eigenvalue weighted by Gasteiger charge is -2.19. The lowest BCUT2D eigenvalue weighted by molar-refractivity contribution is -0.133. The van der Waals surface area contributed by atoms with Crippen molar-refractivity contribution in [3.05, 3.63) is 85.0 Å². The van der Waals surface area contributed by atoms with Crippen LogP contribution in [-0.2, 0) is 19.2 Å². The van der Waals surface area contributed by atoms with Crippen molar-refractivity contribution < 1.29 is 38.1 Å². The van der Waals surface area contributed by atoms with E-state index in [1.54, 1.807) is 30.3 Å². The van der Waals surface area contributed by atoms with Crippen LogP contribution in [0.4, 0.5) is 0 Å². The van der Waals surface area contributed by atoms with Gasteiger partial charge in [-0.3, -0.25) is 0 Å². The maximum atomic E-state index is 12.7. The smallest absolute Gasteiger partial charge is 0.338 e. The fourth-order valence-electron chi connectivity index (χ4n) is 3.24. The van der Waals surface area contributed by atoms with Crippen molar-refractivity contribution >= 4 is 45.4 Å². The Balaban J connectivity index is 2.45. The molecule has 8 heteroatoms. The van der Waals surface area contributed by atoms with Gasteiger partial charge in [-0.1, -0.05) is 44.5 Å². The number of rotatable bonds is 8. The number of benzene rings is 3. The Kier molecular flexibility index (Phi) is 7.96. The third-order valence-electron chi connectivity index (χ3n) is 5.19. The fraction of sp³-hybridized carbons (Fsp3) is 0.133. The molecule has 3 rings (SSSR count). The van der Waals surface area contributed by atoms with Crippen LogP contribution >= 0.6 is 0 Å². The van der Waals surface area contributed by atoms with E-state index in [1.165, 1.54) is 33.8 Å². The number of carbonyl (C=O) groups is 4. The van der Waals surface area contributed by atoms with Gasteiger partial charge in [0.15, 0.2) is 11.5 Å². The molecular weight excluding hydrogens is 488 g/mol. The van der Waals surface area contributed by atoms with E-state index in [9.17, 15) is 19.2 Å². The first-order valence-electron chi connectivity index (χ1n) is 11.3. The Labute approximate surface area is 219 Å². The Morgan fingerprint density at radius 3 is 1.55 bits per heavy atom. The lowest BCUT2D eigenvalue weighted by atomic mass is 9.99. The quantitative estimate of drug-likeness (QED) is 0.158. The molecule has 0 aliphatic carbocycles. The van der Waals surface area contributed by atoms with E-state index in [0.717, 1.165) is 0 Å². The van der Waals surface area contributed by atoms with E-state index in [-0.39, 0.29) is 45.3 Å². The molecule has 0 spiro atoms. The largest absolute Gasteiger partial charge is 0.423 e. The summed E-state index contributed by atoms with van der Waals surface area (Å²) in [6.07, 6.45) is 0. The van der Waals surface area contributed by atoms with Crippen LogP contribution in [0.2, 0.25) is 0 Å². The molecular formula is C30H26O8. The normalized spacial score (nSPS) is 10.4. The van der Waals surface area contributed by atoms with Crippen LogP contribution < -0.4 is 18.9 Å². The first-order chi connectivity index (χ1) is 17.8. The van der Waals surface area contributed by atoms with Gasteiger partial charge in [-0.25, -0.2) is 19.2 Å². The molecule has 0 N–H and O–H groups in total. The second-order valence-corrected chi connectivity index (χ2v) is 8.73. The topological polar surface area (TPSA) is 105 Å². The minimum Gasteiger partial charge on any atom is -0.423 e. The number of ether oxygens (including phenoxy) is 4. The van der Waals surface area contributed by atoms with Crippen LogP contribution in [0.1, 0.15) is 27.7 Å². The van der Waals surface area contributed by atoms with Crippen LogP contribution in [0.15, 0.2) is 85.0 Å². The average molecular weight is 515 g/mol. The first-order valence-corrected chi connectivity index (χ1v) is 11.3. The third-order valence-corrected chi connectivity index (χ3v) is 5.19. The highest BCUT2D eigenvalue weighted by Gasteiger charge is 2.26. The molecule has 0 atom stereocenters. The van der Waals surface area contributed by atoms with Crippen molar-refractivity contribution in [2.45, 2.75) is 27.7 Å². The summed E-state index contributed by atoms with van der Waals surface area (Å²) < 4.78 is 22.1. The van der Waals surface area contributed by atoms with E-state index in [1.807, 2.05) is 0 Å². The van der Waals surface area contributed by atoms with Gasteiger partial charge < -0.3 is 18.9 Å². The van der Waals surface area contributed by atoms with E-state index in [0.29, 0.717) is 21.5 Å². The number of hydrogen-bond donors (Lipinski definition) is 0. The van der Waals surface area contributed by atoms with Gasteiger partial charge in [0.1, 0.15) is 5.75 Å². The van der Waals surface area contributed by atoms with Gasteiger partial charge in [0.05, 0.1) is 0 Å². The number of fused-ring (bicyclic) bond motifs is 3. The van der Waals surface area contributed by atoms with Crippen LogP contribution in [0.3, 0.4) is 0 Å². The molecule has 3 aromatic rings. The van der Waals surface area contributed by atoms with E-state index >= 15 is 0 Å². The monoisotopic (exact) mass is 514 g/mol. The average Bonchev–Trinajstić information content (AvgIpc) is 2.84. The molecule has 0 saturated heterocycles. The minimum atomic E-state index is -0.846. The molecule has 0 radical (unpaired) electrons. The molecule has 38 heavy (non-hydrogen) atoms. The highest BCUT2D eigenvalue weighted by atomic mass is 16.6. The van der Waals surface area contributed by atoms with Gasteiger partial charge in [-0.05, 0) is 56.7 Å². The van der Waals surface area contributed by atoms with Crippen molar-refractivity contribution in [3.63, 3.8) is 0 Å². The molecule has 0 aliphatic heterocycles. The summed E-state index contributed by atoms with van der Waals surface area (Å²) in [6.45, 7) is 20.2. The molecule has 0 unspecified atom stereocenters. The summed E-state index contributed by atoms with van der Waals surface area (Å²) in [4.78, 5) is 49.9. The van der Waals surface area contributed by atoms with E-state index in [4.69, 9.17) is 18.9 Å². The molecule has 0 aliphatic rings. The zero-order chi connectivity index (χ0) is 28.3. The van der Waals surface area contributed by atoms with Gasteiger partial charge >= 0.3 is 23.9 Å². The zero-order valence-electron chi connectivity index (χ0n) is 21.6. The fourth-order valence-corrected chi connectivity index (χ4v) is 3.24. The van der Waals surface area contributed by atoms with Crippen LogP contribution in [-0.4, -0.2) is 23.9 Å². The van der Waals surface area contributed by atoms with E-state index < -0.39 is 23.9 Å². The molecule has 0 heterocycles. The summed E-state index contributed by atoms with van der Waals surface area (Å²) in [6, 6.07) is 9.74. The molecule has 0 fully saturated rings. The summed E-state index contributed by atoms with van der Waals surface area (Å²) >= 11 is 0. The second-order valence-electron chi connectivity index (χ2n) is 8.73. The zero-order valence-corrected chi connectivity index (χ0v) is 21.6. The summed E-state index contributed by atoms with van der Waals surface area (Å²) in [5, 5.41) is 1.77. The van der Waals surface area contributed by atoms with Gasteiger partial charge in [-0.15, -0.1) is 0 Å². The second kappa shape index (κ2) is 11.0. The molecule has 0 amide bonds. The molecule has 0 aromatic heterocycles. The van der Waals surface area contributed by atoms with Crippen molar-refractivity contribution in [2.75, 3.05) is 0 Å². The highest BCUT2D eigenvalue weighted by Crippen LogP contribution is 2.48. The number of esters is 4. The molecule has 194 valence electrons. The minimum absolute atomic E-state index is 0.0476. The van der Waals surface area contributed by atoms with Crippen LogP contribution in [0.25, 0.3) is 21.5 Å². The maximum Gasteiger partial charge on any atom is 0.338 e. The summed E-state index contributed by atoms with van der Waals surface area (Å²) in [7, 11) is 0.